The van der Waals surface area contributed by atoms with Gasteiger partial charge >= 0.3 is 5.97 Å². The van der Waals surface area contributed by atoms with E-state index in [1.54, 1.807) is 24.3 Å². The van der Waals surface area contributed by atoms with Crippen LogP contribution in [-0.4, -0.2) is 77.9 Å². The van der Waals surface area contributed by atoms with Crippen molar-refractivity contribution in [2.45, 2.75) is 30.7 Å². The van der Waals surface area contributed by atoms with E-state index in [9.17, 15) is 25.2 Å². The van der Waals surface area contributed by atoms with E-state index >= 15 is 0 Å². The molecule has 1 saturated heterocycles. The third-order valence-electron chi connectivity index (χ3n) is 3.89. The first-order valence-electron chi connectivity index (χ1n) is 7.82. The Bertz CT molecular complexity index is 626. The second kappa shape index (κ2) is 8.97. The molecule has 0 amide bonds. The zero-order valence-electron chi connectivity index (χ0n) is 14.3. The number of ether oxygens (including phenoxy) is 4. The van der Waals surface area contributed by atoms with Crippen LogP contribution in [0.5, 0.6) is 5.75 Å². The molecule has 5 atom stereocenters. The van der Waals surface area contributed by atoms with Gasteiger partial charge < -0.3 is 39.4 Å². The molecule has 9 heteroatoms. The van der Waals surface area contributed by atoms with Crippen LogP contribution in [0.4, 0.5) is 0 Å². The van der Waals surface area contributed by atoms with Crippen LogP contribution in [0.1, 0.15) is 5.56 Å². The van der Waals surface area contributed by atoms with Gasteiger partial charge in [0.1, 0.15) is 30.2 Å². The van der Waals surface area contributed by atoms with Gasteiger partial charge in [-0.05, 0) is 23.8 Å². The molecule has 1 heterocycles. The van der Waals surface area contributed by atoms with Crippen LogP contribution in [0.15, 0.2) is 30.0 Å². The molecule has 0 unspecified atom stereocenters. The Morgan fingerprint density at radius 1 is 1.12 bits per heavy atom. The fraction of sp³-hybridized carbons (Fsp3) is 0.471. The predicted octanol–water partition coefficient (Wildman–Crippen LogP) is -0.974. The molecule has 144 valence electrons. The molecule has 0 saturated carbocycles. The van der Waals surface area contributed by atoms with Crippen molar-refractivity contribution in [3.63, 3.8) is 0 Å². The van der Waals surface area contributed by atoms with Crippen LogP contribution in [0.3, 0.4) is 0 Å². The van der Waals surface area contributed by atoms with Crippen molar-refractivity contribution in [1.82, 2.24) is 0 Å². The average Bonchev–Trinajstić information content (AvgIpc) is 2.67. The van der Waals surface area contributed by atoms with E-state index in [1.165, 1.54) is 13.2 Å². The number of carbonyl (C=O) groups excluding carboxylic acids is 1. The van der Waals surface area contributed by atoms with Gasteiger partial charge in [0.15, 0.2) is 0 Å². The Morgan fingerprint density at radius 3 is 2.31 bits per heavy atom. The summed E-state index contributed by atoms with van der Waals surface area (Å²) >= 11 is 0. The second-order valence-electron chi connectivity index (χ2n) is 5.59. The molecular formula is C17H22O9. The Labute approximate surface area is 150 Å². The normalized spacial score (nSPS) is 29.2. The maximum Gasteiger partial charge on any atom is 0.373 e. The number of benzene rings is 1. The highest BCUT2D eigenvalue weighted by atomic mass is 16.7. The van der Waals surface area contributed by atoms with E-state index in [0.29, 0.717) is 11.3 Å². The first-order chi connectivity index (χ1) is 12.4. The number of hydrogen-bond donors (Lipinski definition) is 4. The molecule has 4 N–H and O–H groups in total. The maximum atomic E-state index is 12.0. The standard InChI is InChI=1S/C17H22O9/c1-23-10-5-3-9(4-6-10)7-11(16(22)24-2)25-17-15(21)14(20)13(19)12(8-18)26-17/h3-7,12-15,17-21H,8H2,1-2H3/b11-7+/t12-,13-,14+,15-,17+/m0/s1. The summed E-state index contributed by atoms with van der Waals surface area (Å²) < 4.78 is 20.3. The number of aliphatic hydroxyl groups is 4. The quantitative estimate of drug-likeness (QED) is 0.283. The molecule has 0 radical (unpaired) electrons. The van der Waals surface area contributed by atoms with Crippen LogP contribution in [0.2, 0.25) is 0 Å². The van der Waals surface area contributed by atoms with Crippen LogP contribution >= 0.6 is 0 Å². The van der Waals surface area contributed by atoms with E-state index < -0.39 is 43.3 Å². The first-order valence-corrected chi connectivity index (χ1v) is 7.82. The van der Waals surface area contributed by atoms with Crippen molar-refractivity contribution in [1.29, 1.82) is 0 Å². The lowest BCUT2D eigenvalue weighted by atomic mass is 9.99. The minimum atomic E-state index is -1.64. The second-order valence-corrected chi connectivity index (χ2v) is 5.59. The van der Waals surface area contributed by atoms with E-state index in [-0.39, 0.29) is 5.76 Å². The van der Waals surface area contributed by atoms with Crippen molar-refractivity contribution >= 4 is 12.0 Å². The Balaban J connectivity index is 2.23. The minimum absolute atomic E-state index is 0.290. The summed E-state index contributed by atoms with van der Waals surface area (Å²) in [5.41, 5.74) is 0.579. The van der Waals surface area contributed by atoms with E-state index in [0.717, 1.165) is 7.11 Å². The fourth-order valence-electron chi connectivity index (χ4n) is 2.38. The monoisotopic (exact) mass is 370 g/mol. The van der Waals surface area contributed by atoms with Gasteiger partial charge in [0, 0.05) is 0 Å². The summed E-state index contributed by atoms with van der Waals surface area (Å²) in [5, 5.41) is 38.8. The van der Waals surface area contributed by atoms with E-state index in [2.05, 4.69) is 4.74 Å². The van der Waals surface area contributed by atoms with Crippen molar-refractivity contribution in [3.8, 4) is 5.75 Å². The highest BCUT2D eigenvalue weighted by Gasteiger charge is 2.45. The summed E-state index contributed by atoms with van der Waals surface area (Å²) in [4.78, 5) is 12.0. The van der Waals surface area contributed by atoms with Gasteiger partial charge in [-0.1, -0.05) is 12.1 Å². The summed E-state index contributed by atoms with van der Waals surface area (Å²) in [5.74, 6) is -0.503. The molecule has 0 aromatic heterocycles. The van der Waals surface area contributed by atoms with Crippen molar-refractivity contribution in [2.75, 3.05) is 20.8 Å². The zero-order chi connectivity index (χ0) is 19.3. The molecule has 0 bridgehead atoms. The molecule has 1 aliphatic rings. The van der Waals surface area contributed by atoms with Gasteiger partial charge in [-0.15, -0.1) is 0 Å². The van der Waals surface area contributed by atoms with Crippen LogP contribution < -0.4 is 4.74 Å². The van der Waals surface area contributed by atoms with E-state index in [4.69, 9.17) is 14.2 Å². The Kier molecular flexibility index (Phi) is 6.95. The zero-order valence-corrected chi connectivity index (χ0v) is 14.3. The van der Waals surface area contributed by atoms with Crippen molar-refractivity contribution in [3.05, 3.63) is 35.6 Å². The lowest BCUT2D eigenvalue weighted by molar-refractivity contribution is -0.291. The van der Waals surface area contributed by atoms with Gasteiger partial charge in [-0.25, -0.2) is 4.79 Å². The van der Waals surface area contributed by atoms with Crippen molar-refractivity contribution < 1.29 is 44.2 Å². The smallest absolute Gasteiger partial charge is 0.373 e. The number of esters is 1. The summed E-state index contributed by atoms with van der Waals surface area (Å²) in [6, 6.07) is 6.68. The summed E-state index contributed by atoms with van der Waals surface area (Å²) in [7, 11) is 2.67. The SMILES string of the molecule is COC(=O)/C(=C\c1ccc(OC)cc1)O[C@@H]1O[C@@H](CO)[C@H](O)[C@@H](O)[C@@H]1O. The van der Waals surface area contributed by atoms with Gasteiger partial charge in [0.2, 0.25) is 12.0 Å². The average molecular weight is 370 g/mol. The number of methoxy groups -OCH3 is 2. The third-order valence-corrected chi connectivity index (χ3v) is 3.89. The number of aliphatic hydroxyl groups excluding tert-OH is 4. The molecule has 1 aromatic rings. The predicted molar refractivity (Wildman–Crippen MR) is 87.8 cm³/mol. The molecule has 1 aliphatic heterocycles. The molecule has 0 aliphatic carbocycles. The highest BCUT2D eigenvalue weighted by Crippen LogP contribution is 2.25. The topological polar surface area (TPSA) is 135 Å². The highest BCUT2D eigenvalue weighted by molar-refractivity contribution is 5.91. The maximum absolute atomic E-state index is 12.0. The lowest BCUT2D eigenvalue weighted by Crippen LogP contribution is -2.59. The van der Waals surface area contributed by atoms with Crippen molar-refractivity contribution in [2.24, 2.45) is 0 Å². The molecule has 0 spiro atoms. The molecule has 1 aromatic carbocycles. The van der Waals surface area contributed by atoms with Gasteiger partial charge in [0.25, 0.3) is 0 Å². The van der Waals surface area contributed by atoms with Gasteiger partial charge in [0.05, 0.1) is 20.8 Å². The molecule has 26 heavy (non-hydrogen) atoms. The Hall–Kier alpha value is -2.17. The Morgan fingerprint density at radius 2 is 1.77 bits per heavy atom. The molecular weight excluding hydrogens is 348 g/mol. The molecule has 2 rings (SSSR count). The van der Waals surface area contributed by atoms with Crippen LogP contribution in [0, 0.1) is 0 Å². The summed E-state index contributed by atoms with van der Waals surface area (Å²) in [6.45, 7) is -0.611. The fourth-order valence-corrected chi connectivity index (χ4v) is 2.38. The first kappa shape index (κ1) is 20.1. The minimum Gasteiger partial charge on any atom is -0.497 e. The molecule has 1 fully saturated rings. The van der Waals surface area contributed by atoms with Crippen LogP contribution in [0.25, 0.3) is 6.08 Å². The number of hydrogen-bond acceptors (Lipinski definition) is 9. The third kappa shape index (κ3) is 4.51. The van der Waals surface area contributed by atoms with Crippen LogP contribution in [-0.2, 0) is 19.0 Å². The van der Waals surface area contributed by atoms with Gasteiger partial charge in [-0.2, -0.15) is 0 Å². The largest absolute Gasteiger partial charge is 0.497 e. The summed E-state index contributed by atoms with van der Waals surface area (Å²) in [6.07, 6.45) is -6.08. The number of carbonyl (C=O) groups is 1. The van der Waals surface area contributed by atoms with E-state index in [1.807, 2.05) is 0 Å². The lowest BCUT2D eigenvalue weighted by Gasteiger charge is -2.39. The van der Waals surface area contributed by atoms with Gasteiger partial charge in [-0.3, -0.25) is 0 Å². The molecule has 9 nitrogen and oxygen atoms in total. The number of rotatable bonds is 6.